The molecule has 5 nitrogen and oxygen atoms in total. The summed E-state index contributed by atoms with van der Waals surface area (Å²) in [6.07, 6.45) is 0. The fourth-order valence-corrected chi connectivity index (χ4v) is 3.94. The second-order valence-electron chi connectivity index (χ2n) is 7.92. The van der Waals surface area contributed by atoms with Crippen LogP contribution >= 0.6 is 0 Å². The quantitative estimate of drug-likeness (QED) is 0.572. The highest BCUT2D eigenvalue weighted by Gasteiger charge is 2.48. The Balaban J connectivity index is 3.55. The number of nitro groups is 1. The summed E-state index contributed by atoms with van der Waals surface area (Å²) in [5.74, 6) is 0.215. The van der Waals surface area contributed by atoms with Gasteiger partial charge in [-0.25, -0.2) is 0 Å². The Kier molecular flexibility index (Phi) is 5.76. The van der Waals surface area contributed by atoms with E-state index in [2.05, 4.69) is 0 Å². The van der Waals surface area contributed by atoms with E-state index >= 15 is 0 Å². The van der Waals surface area contributed by atoms with Gasteiger partial charge in [-0.05, 0) is 33.3 Å². The molecule has 0 bridgehead atoms. The van der Waals surface area contributed by atoms with Crippen LogP contribution in [0.3, 0.4) is 0 Å². The average molecular weight is 353 g/mol. The van der Waals surface area contributed by atoms with Crippen LogP contribution in [0.15, 0.2) is 24.3 Å². The molecule has 0 fully saturated rings. The molecular weight excluding hydrogens is 326 g/mol. The Morgan fingerprint density at radius 2 is 1.71 bits per heavy atom. The smallest absolute Gasteiger partial charge is 0.269 e. The number of ketones is 1. The number of hydrogen-bond donors (Lipinski definition) is 0. The Morgan fingerprint density at radius 1 is 1.17 bits per heavy atom. The van der Waals surface area contributed by atoms with Crippen molar-refractivity contribution in [1.82, 2.24) is 0 Å². The Bertz CT molecular complexity index is 676. The summed E-state index contributed by atoms with van der Waals surface area (Å²) >= 11 is 0. The van der Waals surface area contributed by atoms with Gasteiger partial charge in [0, 0.05) is 44.3 Å². The highest BCUT2D eigenvalue weighted by atomic mass is 32.2. The third-order valence-corrected chi connectivity index (χ3v) is 7.26. The zero-order valence-electron chi connectivity index (χ0n) is 15.5. The number of benzene rings is 1. The molecule has 1 aromatic carbocycles. The predicted molar refractivity (Wildman–Crippen MR) is 97.7 cm³/mol. The number of nitro benzene ring substituents is 1. The lowest BCUT2D eigenvalue weighted by atomic mass is 9.62. The van der Waals surface area contributed by atoms with E-state index in [0.29, 0.717) is 5.56 Å². The van der Waals surface area contributed by atoms with Crippen molar-refractivity contribution in [2.45, 2.75) is 58.6 Å². The van der Waals surface area contributed by atoms with Crippen molar-refractivity contribution in [3.05, 3.63) is 39.9 Å². The molecular formula is C18H27NO4S. The number of carbonyl (C=O) groups is 1. The van der Waals surface area contributed by atoms with Gasteiger partial charge in [0.15, 0.2) is 0 Å². The number of hydrogen-bond acceptors (Lipinski definition) is 4. The molecule has 0 spiro atoms. The minimum absolute atomic E-state index is 0.0281. The third kappa shape index (κ3) is 3.91. The lowest BCUT2D eigenvalue weighted by molar-refractivity contribution is -0.385. The lowest BCUT2D eigenvalue weighted by Gasteiger charge is -2.44. The molecule has 0 aromatic heterocycles. The topological polar surface area (TPSA) is 77.3 Å². The monoisotopic (exact) mass is 353 g/mol. The van der Waals surface area contributed by atoms with Gasteiger partial charge in [0.2, 0.25) is 0 Å². The molecule has 0 aliphatic heterocycles. The van der Waals surface area contributed by atoms with E-state index in [4.69, 9.17) is 0 Å². The highest BCUT2D eigenvalue weighted by molar-refractivity contribution is 7.86. The van der Waals surface area contributed by atoms with E-state index in [1.807, 2.05) is 41.5 Å². The first kappa shape index (κ1) is 20.5. The molecule has 0 radical (unpaired) electrons. The fraction of sp³-hybridized carbons (Fsp3) is 0.611. The number of rotatable bonds is 6. The van der Waals surface area contributed by atoms with Crippen molar-refractivity contribution >= 4 is 22.3 Å². The van der Waals surface area contributed by atoms with E-state index < -0.39 is 31.3 Å². The predicted octanol–water partition coefficient (Wildman–Crippen LogP) is 4.01. The van der Waals surface area contributed by atoms with Gasteiger partial charge in [-0.2, -0.15) is 0 Å². The van der Waals surface area contributed by atoms with Gasteiger partial charge in [-0.15, -0.1) is 0 Å². The summed E-state index contributed by atoms with van der Waals surface area (Å²) < 4.78 is 12.4. The SMILES string of the molecule is CC(=O)C(C)(C)[C@](C)(C[S@@](=O)C(C)(C)C)c1cccc([N+](=O)[O-])c1. The molecule has 6 heteroatoms. The number of carbonyl (C=O) groups excluding carboxylic acids is 1. The first-order valence-corrected chi connectivity index (χ1v) is 9.20. The molecule has 134 valence electrons. The zero-order valence-corrected chi connectivity index (χ0v) is 16.3. The van der Waals surface area contributed by atoms with Crippen molar-refractivity contribution in [2.75, 3.05) is 5.75 Å². The van der Waals surface area contributed by atoms with E-state index in [1.165, 1.54) is 19.1 Å². The standard InChI is InChI=1S/C18H27NO4S/c1-13(20)17(5,6)18(7,12-24(23)16(2,3)4)14-9-8-10-15(11-14)19(21)22/h8-11H,12H2,1-7H3/t18-,24-/m1/s1. The lowest BCUT2D eigenvalue weighted by Crippen LogP contribution is -2.49. The molecule has 0 N–H and O–H groups in total. The molecule has 0 aliphatic carbocycles. The van der Waals surface area contributed by atoms with E-state index in [-0.39, 0.29) is 17.2 Å². The van der Waals surface area contributed by atoms with Gasteiger partial charge >= 0.3 is 0 Å². The molecule has 0 heterocycles. The Morgan fingerprint density at radius 3 is 2.12 bits per heavy atom. The molecule has 0 saturated heterocycles. The van der Waals surface area contributed by atoms with Gasteiger partial charge in [0.05, 0.1) is 4.92 Å². The van der Waals surface area contributed by atoms with Crippen LogP contribution in [-0.2, 0) is 21.0 Å². The second-order valence-corrected chi connectivity index (χ2v) is 10.1. The van der Waals surface area contributed by atoms with Crippen molar-refractivity contribution in [3.8, 4) is 0 Å². The largest absolute Gasteiger partial charge is 0.299 e. The first-order valence-electron chi connectivity index (χ1n) is 7.88. The Labute approximate surface area is 146 Å². The summed E-state index contributed by atoms with van der Waals surface area (Å²) in [7, 11) is -1.21. The van der Waals surface area contributed by atoms with Crippen LogP contribution < -0.4 is 0 Å². The van der Waals surface area contributed by atoms with Gasteiger partial charge < -0.3 is 0 Å². The molecule has 0 unspecified atom stereocenters. The summed E-state index contributed by atoms with van der Waals surface area (Å²) in [5, 5.41) is 11.1. The first-order chi connectivity index (χ1) is 10.7. The van der Waals surface area contributed by atoms with E-state index in [0.717, 1.165) is 0 Å². The normalized spacial score (nSPS) is 16.3. The molecule has 24 heavy (non-hydrogen) atoms. The molecule has 1 aromatic rings. The number of nitrogens with zero attached hydrogens (tertiary/aromatic N) is 1. The van der Waals surface area contributed by atoms with Crippen molar-refractivity contribution in [2.24, 2.45) is 5.41 Å². The van der Waals surface area contributed by atoms with Gasteiger partial charge in [-0.3, -0.25) is 19.1 Å². The van der Waals surface area contributed by atoms with E-state index in [1.54, 1.807) is 12.1 Å². The van der Waals surface area contributed by atoms with Crippen LogP contribution in [0.5, 0.6) is 0 Å². The maximum Gasteiger partial charge on any atom is 0.269 e. The maximum atomic E-state index is 12.8. The van der Waals surface area contributed by atoms with Crippen LogP contribution in [0.4, 0.5) is 5.69 Å². The van der Waals surface area contributed by atoms with Crippen molar-refractivity contribution < 1.29 is 13.9 Å². The summed E-state index contributed by atoms with van der Waals surface area (Å²) in [6.45, 7) is 12.7. The molecule has 2 atom stereocenters. The molecule has 0 saturated carbocycles. The second kappa shape index (κ2) is 6.75. The van der Waals surface area contributed by atoms with Crippen LogP contribution in [0.1, 0.15) is 54.0 Å². The summed E-state index contributed by atoms with van der Waals surface area (Å²) in [6, 6.07) is 6.30. The fourth-order valence-electron chi connectivity index (χ4n) is 2.45. The summed E-state index contributed by atoms with van der Waals surface area (Å²) in [4.78, 5) is 23.0. The van der Waals surface area contributed by atoms with Gasteiger partial charge in [0.1, 0.15) is 5.78 Å². The molecule has 0 amide bonds. The van der Waals surface area contributed by atoms with Crippen LogP contribution in [0, 0.1) is 15.5 Å². The Hall–Kier alpha value is -1.56. The van der Waals surface area contributed by atoms with Crippen LogP contribution in [0.2, 0.25) is 0 Å². The molecule has 1 rings (SSSR count). The van der Waals surface area contributed by atoms with Crippen molar-refractivity contribution in [3.63, 3.8) is 0 Å². The van der Waals surface area contributed by atoms with Crippen LogP contribution in [-0.4, -0.2) is 25.4 Å². The zero-order chi connectivity index (χ0) is 18.9. The van der Waals surface area contributed by atoms with Gasteiger partial charge in [0.25, 0.3) is 5.69 Å². The number of Topliss-reactive ketones (excluding diaryl/α,β-unsaturated/α-hetero) is 1. The maximum absolute atomic E-state index is 12.8. The number of non-ortho nitro benzene ring substituents is 1. The van der Waals surface area contributed by atoms with Gasteiger partial charge in [-0.1, -0.05) is 32.9 Å². The molecule has 0 aliphatic rings. The van der Waals surface area contributed by atoms with Crippen molar-refractivity contribution in [1.29, 1.82) is 0 Å². The average Bonchev–Trinajstić information content (AvgIpc) is 2.45. The third-order valence-electron chi connectivity index (χ3n) is 5.06. The highest BCUT2D eigenvalue weighted by Crippen LogP contribution is 2.44. The summed E-state index contributed by atoms with van der Waals surface area (Å²) in [5.41, 5.74) is -0.972. The van der Waals surface area contributed by atoms with Crippen LogP contribution in [0.25, 0.3) is 0 Å². The minimum atomic E-state index is -1.21. The minimum Gasteiger partial charge on any atom is -0.299 e. The van der Waals surface area contributed by atoms with E-state index in [9.17, 15) is 19.1 Å².